The minimum atomic E-state index is -0.390. The van der Waals surface area contributed by atoms with Gasteiger partial charge in [-0.1, -0.05) is 42.5 Å². The number of hydrogen-bond acceptors (Lipinski definition) is 2. The molecule has 0 fully saturated rings. The van der Waals surface area contributed by atoms with Gasteiger partial charge < -0.3 is 10.6 Å². The van der Waals surface area contributed by atoms with Crippen LogP contribution in [-0.4, -0.2) is 23.9 Å². The predicted molar refractivity (Wildman–Crippen MR) is 97.6 cm³/mol. The van der Waals surface area contributed by atoms with Gasteiger partial charge in [-0.3, -0.25) is 4.79 Å². The average molecular weight is 351 g/mol. The molecule has 0 heterocycles. The number of nitrogens with zero attached hydrogens (tertiary/aromatic N) is 1. The summed E-state index contributed by atoms with van der Waals surface area (Å²) in [6, 6.07) is 14.1. The van der Waals surface area contributed by atoms with E-state index in [9.17, 15) is 9.18 Å². The van der Waals surface area contributed by atoms with E-state index in [0.29, 0.717) is 18.5 Å². The number of nitrogens with two attached hydrogens (primary N) is 1. The van der Waals surface area contributed by atoms with Gasteiger partial charge in [-0.15, -0.1) is 12.4 Å². The maximum atomic E-state index is 13.6. The number of carbonyl (C=O) groups excluding carboxylic acids is 1. The van der Waals surface area contributed by atoms with Crippen molar-refractivity contribution in [2.75, 3.05) is 7.05 Å². The summed E-state index contributed by atoms with van der Waals surface area (Å²) in [4.78, 5) is 14.0. The monoisotopic (exact) mass is 350 g/mol. The van der Waals surface area contributed by atoms with Crippen LogP contribution in [0.15, 0.2) is 48.5 Å². The molecule has 0 radical (unpaired) electrons. The topological polar surface area (TPSA) is 46.3 Å². The lowest BCUT2D eigenvalue weighted by molar-refractivity contribution is -0.130. The van der Waals surface area contributed by atoms with Gasteiger partial charge in [-0.2, -0.15) is 0 Å². The van der Waals surface area contributed by atoms with Crippen LogP contribution in [-0.2, 0) is 17.8 Å². The lowest BCUT2D eigenvalue weighted by Gasteiger charge is -2.21. The summed E-state index contributed by atoms with van der Waals surface area (Å²) < 4.78 is 13.6. The summed E-state index contributed by atoms with van der Waals surface area (Å²) in [5.74, 6) is -0.305. The fourth-order valence-corrected chi connectivity index (χ4v) is 2.53. The zero-order valence-corrected chi connectivity index (χ0v) is 14.9. The molecule has 130 valence electrons. The van der Waals surface area contributed by atoms with Crippen molar-refractivity contribution < 1.29 is 9.18 Å². The summed E-state index contributed by atoms with van der Waals surface area (Å²) in [5, 5.41) is 0. The number of halogens is 2. The van der Waals surface area contributed by atoms with Crippen molar-refractivity contribution in [3.8, 4) is 0 Å². The maximum absolute atomic E-state index is 13.6. The normalized spacial score (nSPS) is 11.5. The van der Waals surface area contributed by atoms with E-state index in [1.807, 2.05) is 31.2 Å². The number of hydrogen-bond donors (Lipinski definition) is 1. The third-order valence-electron chi connectivity index (χ3n) is 3.97. The Morgan fingerprint density at radius 1 is 1.12 bits per heavy atom. The van der Waals surface area contributed by atoms with Crippen molar-refractivity contribution >= 4 is 18.3 Å². The first-order valence-corrected chi connectivity index (χ1v) is 7.75. The van der Waals surface area contributed by atoms with Gasteiger partial charge in [0.2, 0.25) is 5.91 Å². The molecule has 0 saturated carbocycles. The Labute approximate surface area is 149 Å². The Morgan fingerprint density at radius 3 is 2.33 bits per heavy atom. The minimum Gasteiger partial charge on any atom is -0.341 e. The zero-order chi connectivity index (χ0) is 16.8. The third-order valence-corrected chi connectivity index (χ3v) is 3.97. The highest BCUT2D eigenvalue weighted by atomic mass is 35.5. The molecule has 0 saturated heterocycles. The molecule has 2 N–H and O–H groups in total. The predicted octanol–water partition coefficient (Wildman–Crippen LogP) is 3.47. The molecule has 0 aliphatic heterocycles. The Morgan fingerprint density at radius 2 is 1.71 bits per heavy atom. The van der Waals surface area contributed by atoms with E-state index in [2.05, 4.69) is 0 Å². The molecule has 0 aromatic heterocycles. The molecule has 0 aliphatic rings. The van der Waals surface area contributed by atoms with Gasteiger partial charge >= 0.3 is 0 Å². The Kier molecular flexibility index (Phi) is 7.89. The van der Waals surface area contributed by atoms with Crippen molar-refractivity contribution in [2.45, 2.75) is 32.4 Å². The van der Waals surface area contributed by atoms with Gasteiger partial charge in [-0.05, 0) is 36.1 Å². The van der Waals surface area contributed by atoms with E-state index >= 15 is 0 Å². The number of rotatable bonds is 6. The summed E-state index contributed by atoms with van der Waals surface area (Å²) in [7, 11) is 1.77. The second kappa shape index (κ2) is 9.40. The van der Waals surface area contributed by atoms with Crippen LogP contribution in [0.25, 0.3) is 0 Å². The molecular weight excluding hydrogens is 327 g/mol. The Hall–Kier alpha value is -1.91. The Bertz CT molecular complexity index is 678. The van der Waals surface area contributed by atoms with Crippen molar-refractivity contribution in [3.05, 3.63) is 71.0 Å². The molecule has 0 bridgehead atoms. The maximum Gasteiger partial charge on any atom is 0.224 e. The fourth-order valence-electron chi connectivity index (χ4n) is 2.53. The molecule has 2 aromatic carbocycles. The molecule has 5 heteroatoms. The van der Waals surface area contributed by atoms with Gasteiger partial charge in [0, 0.05) is 26.1 Å². The van der Waals surface area contributed by atoms with Crippen molar-refractivity contribution in [1.82, 2.24) is 4.90 Å². The highest BCUT2D eigenvalue weighted by molar-refractivity contribution is 5.85. The van der Waals surface area contributed by atoms with E-state index in [4.69, 9.17) is 5.73 Å². The van der Waals surface area contributed by atoms with Crippen LogP contribution in [0.3, 0.4) is 0 Å². The second-order valence-corrected chi connectivity index (χ2v) is 5.94. The average Bonchev–Trinajstić information content (AvgIpc) is 2.51. The second-order valence-electron chi connectivity index (χ2n) is 5.94. The third kappa shape index (κ3) is 5.62. The van der Waals surface area contributed by atoms with Gasteiger partial charge in [0.15, 0.2) is 0 Å². The fraction of sp³-hybridized carbons (Fsp3) is 0.316. The molecule has 0 unspecified atom stereocenters. The lowest BCUT2D eigenvalue weighted by Crippen LogP contribution is -2.34. The quantitative estimate of drug-likeness (QED) is 0.867. The lowest BCUT2D eigenvalue weighted by atomic mass is 10.0. The van der Waals surface area contributed by atoms with Crippen LogP contribution in [0.2, 0.25) is 0 Å². The van der Waals surface area contributed by atoms with Crippen LogP contribution in [0.5, 0.6) is 0 Å². The molecule has 2 rings (SSSR count). The van der Waals surface area contributed by atoms with Crippen LogP contribution in [0, 0.1) is 12.7 Å². The first kappa shape index (κ1) is 20.1. The Balaban J connectivity index is 0.00000288. The van der Waals surface area contributed by atoms with Crippen LogP contribution < -0.4 is 5.73 Å². The molecule has 3 nitrogen and oxygen atoms in total. The van der Waals surface area contributed by atoms with Crippen molar-refractivity contribution in [3.63, 3.8) is 0 Å². The SMILES string of the molecule is Cc1ccccc1CN(C)C(=O)C[C@H](N)Cc1ccccc1F.Cl. The number of benzene rings is 2. The van der Waals surface area contributed by atoms with Gasteiger partial charge in [0.05, 0.1) is 0 Å². The van der Waals surface area contributed by atoms with E-state index in [1.165, 1.54) is 6.07 Å². The standard InChI is InChI=1S/C19H23FN2O.ClH/c1-14-7-3-4-9-16(14)13-22(2)19(23)12-17(21)11-15-8-5-6-10-18(15)20;/h3-10,17H,11-13,21H2,1-2H3;1H/t17-;/m1./s1. The summed E-state index contributed by atoms with van der Waals surface area (Å²) >= 11 is 0. The summed E-state index contributed by atoms with van der Waals surface area (Å²) in [6.07, 6.45) is 0.563. The minimum absolute atomic E-state index is 0. The highest BCUT2D eigenvalue weighted by Crippen LogP contribution is 2.13. The molecular formula is C19H24ClFN2O. The first-order chi connectivity index (χ1) is 11.0. The molecule has 0 spiro atoms. The number of amides is 1. The highest BCUT2D eigenvalue weighted by Gasteiger charge is 2.16. The molecule has 24 heavy (non-hydrogen) atoms. The summed E-state index contributed by atoms with van der Waals surface area (Å²) in [5.41, 5.74) is 8.84. The van der Waals surface area contributed by atoms with E-state index < -0.39 is 6.04 Å². The number of carbonyl (C=O) groups is 1. The summed E-state index contributed by atoms with van der Waals surface area (Å²) in [6.45, 7) is 2.58. The van der Waals surface area contributed by atoms with E-state index in [0.717, 1.165) is 11.1 Å². The molecule has 0 aliphatic carbocycles. The van der Waals surface area contributed by atoms with E-state index in [1.54, 1.807) is 30.1 Å². The molecule has 2 aromatic rings. The van der Waals surface area contributed by atoms with Gasteiger partial charge in [0.1, 0.15) is 5.82 Å². The van der Waals surface area contributed by atoms with Crippen LogP contribution in [0.1, 0.15) is 23.1 Å². The molecule has 1 atom stereocenters. The number of aryl methyl sites for hydroxylation is 1. The molecule has 1 amide bonds. The first-order valence-electron chi connectivity index (χ1n) is 7.75. The van der Waals surface area contributed by atoms with Gasteiger partial charge in [-0.25, -0.2) is 4.39 Å². The van der Waals surface area contributed by atoms with Crippen molar-refractivity contribution in [1.29, 1.82) is 0 Å². The largest absolute Gasteiger partial charge is 0.341 e. The van der Waals surface area contributed by atoms with E-state index in [-0.39, 0.29) is 30.6 Å². The van der Waals surface area contributed by atoms with Gasteiger partial charge in [0.25, 0.3) is 0 Å². The smallest absolute Gasteiger partial charge is 0.224 e. The zero-order valence-electron chi connectivity index (χ0n) is 14.0. The van der Waals surface area contributed by atoms with Crippen molar-refractivity contribution in [2.24, 2.45) is 5.73 Å². The van der Waals surface area contributed by atoms with Crippen LogP contribution in [0.4, 0.5) is 4.39 Å². The van der Waals surface area contributed by atoms with Crippen LogP contribution >= 0.6 is 12.4 Å².